The second kappa shape index (κ2) is 7.38. The van der Waals surface area contributed by atoms with Gasteiger partial charge in [0.25, 0.3) is 5.91 Å². The van der Waals surface area contributed by atoms with Gasteiger partial charge in [0, 0.05) is 37.0 Å². The molecular weight excluding hydrogens is 382 g/mol. The first-order valence-electron chi connectivity index (χ1n) is 9.12. The highest BCUT2D eigenvalue weighted by molar-refractivity contribution is 7.90. The molecule has 9 heteroatoms. The minimum atomic E-state index is -3.44. The number of ether oxygens (including phenoxy) is 2. The van der Waals surface area contributed by atoms with Crippen LogP contribution < -0.4 is 9.47 Å². The van der Waals surface area contributed by atoms with Crippen molar-refractivity contribution in [1.82, 2.24) is 14.9 Å². The van der Waals surface area contributed by atoms with Crippen LogP contribution in [0.5, 0.6) is 11.5 Å². The Morgan fingerprint density at radius 2 is 2.00 bits per heavy atom. The van der Waals surface area contributed by atoms with Crippen LogP contribution in [0.25, 0.3) is 0 Å². The van der Waals surface area contributed by atoms with Crippen LogP contribution in [0.15, 0.2) is 35.6 Å². The number of amides is 1. The predicted molar refractivity (Wildman–Crippen MR) is 100 cm³/mol. The van der Waals surface area contributed by atoms with Gasteiger partial charge in [-0.05, 0) is 31.0 Å². The molecule has 148 valence electrons. The molecule has 3 heterocycles. The van der Waals surface area contributed by atoms with Crippen LogP contribution in [0.1, 0.15) is 34.8 Å². The molecule has 0 saturated carbocycles. The first-order chi connectivity index (χ1) is 13.4. The number of rotatable bonds is 3. The Morgan fingerprint density at radius 3 is 2.79 bits per heavy atom. The van der Waals surface area contributed by atoms with Gasteiger partial charge >= 0.3 is 0 Å². The number of hydrogen-bond acceptors (Lipinski definition) is 7. The summed E-state index contributed by atoms with van der Waals surface area (Å²) in [4.78, 5) is 23.0. The number of likely N-dealkylation sites (tertiary alicyclic amines) is 1. The molecular formula is C19H21N3O5S. The van der Waals surface area contributed by atoms with E-state index in [2.05, 4.69) is 9.97 Å². The van der Waals surface area contributed by atoms with Gasteiger partial charge in [0.05, 0.1) is 5.69 Å². The zero-order valence-corrected chi connectivity index (χ0v) is 16.3. The Kier molecular flexibility index (Phi) is 4.92. The topological polar surface area (TPSA) is 98.7 Å². The molecule has 2 aliphatic heterocycles. The molecule has 1 unspecified atom stereocenters. The second-order valence-electron chi connectivity index (χ2n) is 6.99. The summed E-state index contributed by atoms with van der Waals surface area (Å²) in [5.74, 6) is 0.943. The first kappa shape index (κ1) is 18.7. The van der Waals surface area contributed by atoms with Crippen LogP contribution in [0.4, 0.5) is 0 Å². The number of aromatic nitrogens is 2. The number of carbonyl (C=O) groups excluding carboxylic acids is 1. The third-order valence-electron chi connectivity index (χ3n) is 4.99. The number of carbonyl (C=O) groups is 1. The number of piperidine rings is 1. The molecule has 1 amide bonds. The van der Waals surface area contributed by atoms with Crippen molar-refractivity contribution in [3.63, 3.8) is 0 Å². The van der Waals surface area contributed by atoms with E-state index >= 15 is 0 Å². The van der Waals surface area contributed by atoms with Gasteiger partial charge in [0.15, 0.2) is 21.3 Å². The zero-order chi connectivity index (χ0) is 19.7. The summed E-state index contributed by atoms with van der Waals surface area (Å²) in [7, 11) is -3.44. The number of nitrogens with zero attached hydrogens (tertiary/aromatic N) is 3. The van der Waals surface area contributed by atoms with Crippen molar-refractivity contribution in [3.8, 4) is 11.5 Å². The summed E-state index contributed by atoms with van der Waals surface area (Å²) in [5, 5.41) is 0. The molecule has 4 rings (SSSR count). The molecule has 1 aromatic heterocycles. The summed E-state index contributed by atoms with van der Waals surface area (Å²) >= 11 is 0. The van der Waals surface area contributed by atoms with E-state index in [1.165, 1.54) is 12.5 Å². The van der Waals surface area contributed by atoms with E-state index < -0.39 is 9.84 Å². The molecule has 1 saturated heterocycles. The van der Waals surface area contributed by atoms with E-state index in [-0.39, 0.29) is 16.7 Å². The molecule has 0 radical (unpaired) electrons. The van der Waals surface area contributed by atoms with Gasteiger partial charge in [-0.15, -0.1) is 0 Å². The lowest BCUT2D eigenvalue weighted by Crippen LogP contribution is -2.39. The fourth-order valence-electron chi connectivity index (χ4n) is 3.66. The van der Waals surface area contributed by atoms with Gasteiger partial charge in [-0.1, -0.05) is 0 Å². The highest BCUT2D eigenvalue weighted by Crippen LogP contribution is 2.33. The van der Waals surface area contributed by atoms with Gasteiger partial charge in [-0.3, -0.25) is 4.79 Å². The number of benzene rings is 1. The lowest BCUT2D eigenvalue weighted by molar-refractivity contribution is 0.0704. The second-order valence-corrected chi connectivity index (χ2v) is 8.98. The van der Waals surface area contributed by atoms with Gasteiger partial charge in [0.2, 0.25) is 0 Å². The van der Waals surface area contributed by atoms with E-state index in [9.17, 15) is 13.2 Å². The largest absolute Gasteiger partial charge is 0.486 e. The summed E-state index contributed by atoms with van der Waals surface area (Å²) in [6, 6.07) is 5.18. The van der Waals surface area contributed by atoms with Gasteiger partial charge in [-0.2, -0.15) is 0 Å². The van der Waals surface area contributed by atoms with Crippen LogP contribution in [0.3, 0.4) is 0 Å². The van der Waals surface area contributed by atoms with Crippen molar-refractivity contribution in [2.45, 2.75) is 23.7 Å². The van der Waals surface area contributed by atoms with E-state index in [0.717, 1.165) is 19.1 Å². The maximum absolute atomic E-state index is 13.0. The van der Waals surface area contributed by atoms with Crippen LogP contribution in [-0.2, 0) is 9.84 Å². The molecule has 1 fully saturated rings. The fourth-order valence-corrected chi connectivity index (χ4v) is 4.51. The average Bonchev–Trinajstić information content (AvgIpc) is 2.72. The van der Waals surface area contributed by atoms with E-state index in [4.69, 9.17) is 9.47 Å². The van der Waals surface area contributed by atoms with Crippen molar-refractivity contribution < 1.29 is 22.7 Å². The summed E-state index contributed by atoms with van der Waals surface area (Å²) in [6.45, 7) is 1.98. The van der Waals surface area contributed by atoms with Gasteiger partial charge < -0.3 is 14.4 Å². The van der Waals surface area contributed by atoms with Crippen molar-refractivity contribution in [3.05, 3.63) is 42.0 Å². The minimum Gasteiger partial charge on any atom is -0.486 e. The van der Waals surface area contributed by atoms with Crippen LogP contribution in [0.2, 0.25) is 0 Å². The quantitative estimate of drug-likeness (QED) is 0.769. The predicted octanol–water partition coefficient (Wildman–Crippen LogP) is 1.67. The lowest BCUT2D eigenvalue weighted by Gasteiger charge is -2.33. The van der Waals surface area contributed by atoms with Gasteiger partial charge in [-0.25, -0.2) is 18.4 Å². The molecule has 0 spiro atoms. The zero-order valence-electron chi connectivity index (χ0n) is 15.5. The van der Waals surface area contributed by atoms with E-state index in [1.54, 1.807) is 23.1 Å². The Morgan fingerprint density at radius 1 is 1.21 bits per heavy atom. The lowest BCUT2D eigenvalue weighted by atomic mass is 9.94. The summed E-state index contributed by atoms with van der Waals surface area (Å²) < 4.78 is 35.2. The highest BCUT2D eigenvalue weighted by Gasteiger charge is 2.30. The highest BCUT2D eigenvalue weighted by atomic mass is 32.2. The average molecular weight is 403 g/mol. The standard InChI is InChI=1S/C19H21N3O5S/c1-28(24,25)17-10-20-12-21-18(17)14-3-2-6-22(11-14)19(23)13-4-5-15-16(9-13)27-8-7-26-15/h4-5,9-10,12,14H,2-3,6-8,11H2,1H3. The van der Waals surface area contributed by atoms with Crippen LogP contribution in [0, 0.1) is 0 Å². The Labute approximate surface area is 163 Å². The number of fused-ring (bicyclic) bond motifs is 1. The van der Waals surface area contributed by atoms with Crippen molar-refractivity contribution in [2.24, 2.45) is 0 Å². The SMILES string of the molecule is CS(=O)(=O)c1cncnc1C1CCCN(C(=O)c2ccc3c(c2)OCCO3)C1. The van der Waals surface area contributed by atoms with Crippen molar-refractivity contribution in [2.75, 3.05) is 32.6 Å². The number of hydrogen-bond donors (Lipinski definition) is 0. The molecule has 2 aromatic rings. The third kappa shape index (κ3) is 3.66. The smallest absolute Gasteiger partial charge is 0.254 e. The molecule has 0 aliphatic carbocycles. The molecule has 1 atom stereocenters. The Balaban J connectivity index is 1.57. The summed E-state index contributed by atoms with van der Waals surface area (Å²) in [6.07, 6.45) is 5.37. The molecule has 8 nitrogen and oxygen atoms in total. The van der Waals surface area contributed by atoms with E-state index in [0.29, 0.717) is 49.1 Å². The van der Waals surface area contributed by atoms with Gasteiger partial charge in [0.1, 0.15) is 24.4 Å². The molecule has 0 N–H and O–H groups in total. The normalized spacial score (nSPS) is 19.3. The monoisotopic (exact) mass is 403 g/mol. The van der Waals surface area contributed by atoms with Crippen LogP contribution in [-0.4, -0.2) is 61.8 Å². The van der Waals surface area contributed by atoms with Crippen LogP contribution >= 0.6 is 0 Å². The minimum absolute atomic E-state index is 0.114. The Bertz CT molecular complexity index is 1010. The summed E-state index contributed by atoms with van der Waals surface area (Å²) in [5.41, 5.74) is 1.01. The maximum atomic E-state index is 13.0. The molecule has 28 heavy (non-hydrogen) atoms. The molecule has 0 bridgehead atoms. The Hall–Kier alpha value is -2.68. The van der Waals surface area contributed by atoms with Crippen molar-refractivity contribution >= 4 is 15.7 Å². The first-order valence-corrected chi connectivity index (χ1v) is 11.0. The van der Waals surface area contributed by atoms with Crippen molar-refractivity contribution in [1.29, 1.82) is 0 Å². The number of sulfone groups is 1. The van der Waals surface area contributed by atoms with E-state index in [1.807, 2.05) is 0 Å². The fraction of sp³-hybridized carbons (Fsp3) is 0.421. The molecule has 1 aromatic carbocycles. The maximum Gasteiger partial charge on any atom is 0.254 e. The molecule has 2 aliphatic rings. The third-order valence-corrected chi connectivity index (χ3v) is 6.11.